The first-order valence-corrected chi connectivity index (χ1v) is 5.16. The number of hydrogen-bond acceptors (Lipinski definition) is 2. The number of halogens is 1. The van der Waals surface area contributed by atoms with Gasteiger partial charge in [0, 0.05) is 32.6 Å². The van der Waals surface area contributed by atoms with Gasteiger partial charge in [-0.2, -0.15) is 0 Å². The highest BCUT2D eigenvalue weighted by Gasteiger charge is 1.98. The monoisotopic (exact) mass is 207 g/mol. The van der Waals surface area contributed by atoms with Crippen LogP contribution in [0, 0.1) is 0 Å². The largest absolute Gasteiger partial charge is 0.385 e. The second-order valence-corrected chi connectivity index (χ2v) is 3.22. The summed E-state index contributed by atoms with van der Waals surface area (Å²) < 4.78 is 4.88. The summed E-state index contributed by atoms with van der Waals surface area (Å²) in [4.78, 5) is 11.0. The maximum Gasteiger partial charge on any atom is 0.220 e. The van der Waals surface area contributed by atoms with Crippen LogP contribution < -0.4 is 5.32 Å². The Balaban J connectivity index is 3.08. The zero-order valence-corrected chi connectivity index (χ0v) is 8.90. The Kier molecular flexibility index (Phi) is 9.59. The summed E-state index contributed by atoms with van der Waals surface area (Å²) in [7, 11) is 1.68. The lowest BCUT2D eigenvalue weighted by Gasteiger charge is -2.03. The van der Waals surface area contributed by atoms with Crippen molar-refractivity contribution < 1.29 is 9.53 Å². The number of carbonyl (C=O) groups excluding carboxylic acids is 1. The van der Waals surface area contributed by atoms with Crippen molar-refractivity contribution in [2.24, 2.45) is 0 Å². The van der Waals surface area contributed by atoms with Gasteiger partial charge in [0.1, 0.15) is 0 Å². The molecule has 0 saturated carbocycles. The highest BCUT2D eigenvalue weighted by atomic mass is 35.5. The third-order valence-corrected chi connectivity index (χ3v) is 1.90. The van der Waals surface area contributed by atoms with E-state index in [9.17, 15) is 4.79 Å². The van der Waals surface area contributed by atoms with Crippen molar-refractivity contribution >= 4 is 17.5 Å². The van der Waals surface area contributed by atoms with E-state index in [1.54, 1.807) is 7.11 Å². The summed E-state index contributed by atoms with van der Waals surface area (Å²) >= 11 is 5.45. The van der Waals surface area contributed by atoms with Gasteiger partial charge in [0.2, 0.25) is 5.91 Å². The Labute approximate surface area is 84.8 Å². The number of nitrogens with one attached hydrogen (secondary N) is 1. The average molecular weight is 208 g/mol. The van der Waals surface area contributed by atoms with E-state index in [0.29, 0.717) is 12.3 Å². The number of rotatable bonds is 8. The average Bonchev–Trinajstić information content (AvgIpc) is 2.14. The molecule has 0 rings (SSSR count). The van der Waals surface area contributed by atoms with Crippen molar-refractivity contribution in [3.05, 3.63) is 0 Å². The smallest absolute Gasteiger partial charge is 0.220 e. The first-order chi connectivity index (χ1) is 6.31. The Morgan fingerprint density at radius 2 is 2.15 bits per heavy atom. The maximum absolute atomic E-state index is 11.0. The number of ether oxygens (including phenoxy) is 1. The predicted molar refractivity (Wildman–Crippen MR) is 54.1 cm³/mol. The normalized spacial score (nSPS) is 10.0. The van der Waals surface area contributed by atoms with E-state index in [1.165, 1.54) is 0 Å². The molecule has 0 bridgehead atoms. The van der Waals surface area contributed by atoms with E-state index < -0.39 is 0 Å². The van der Waals surface area contributed by atoms with Crippen LogP contribution in [0.5, 0.6) is 0 Å². The van der Waals surface area contributed by atoms with Crippen LogP contribution in [0.2, 0.25) is 0 Å². The lowest BCUT2D eigenvalue weighted by atomic mass is 10.3. The molecule has 0 aliphatic rings. The van der Waals surface area contributed by atoms with E-state index in [0.717, 1.165) is 32.4 Å². The van der Waals surface area contributed by atoms with Crippen LogP contribution in [0.25, 0.3) is 0 Å². The fourth-order valence-electron chi connectivity index (χ4n) is 0.915. The maximum atomic E-state index is 11.0. The third kappa shape index (κ3) is 9.64. The zero-order valence-electron chi connectivity index (χ0n) is 8.14. The fraction of sp³-hybridized carbons (Fsp3) is 0.889. The molecule has 0 aliphatic heterocycles. The summed E-state index contributed by atoms with van der Waals surface area (Å²) in [6.07, 6.45) is 3.26. The lowest BCUT2D eigenvalue weighted by molar-refractivity contribution is -0.121. The molecule has 0 saturated heterocycles. The summed E-state index contributed by atoms with van der Waals surface area (Å²) in [6, 6.07) is 0. The van der Waals surface area contributed by atoms with Crippen LogP contribution >= 0.6 is 11.6 Å². The Morgan fingerprint density at radius 3 is 2.77 bits per heavy atom. The molecule has 3 nitrogen and oxygen atoms in total. The van der Waals surface area contributed by atoms with Gasteiger partial charge in [-0.3, -0.25) is 4.79 Å². The first kappa shape index (κ1) is 12.7. The van der Waals surface area contributed by atoms with Crippen molar-refractivity contribution in [1.29, 1.82) is 0 Å². The molecule has 0 heterocycles. The zero-order chi connectivity index (χ0) is 9.94. The summed E-state index contributed by atoms with van der Waals surface area (Å²) in [5.74, 6) is 0.648. The van der Waals surface area contributed by atoms with Crippen molar-refractivity contribution in [2.45, 2.75) is 25.7 Å². The Bertz CT molecular complexity index is 131. The standard InChI is InChI=1S/C9H18ClNO2/c1-13-8-3-2-7-11-9(12)5-4-6-10/h2-8H2,1H3,(H,11,12). The highest BCUT2D eigenvalue weighted by molar-refractivity contribution is 6.17. The summed E-state index contributed by atoms with van der Waals surface area (Å²) in [5, 5.41) is 2.82. The molecule has 78 valence electrons. The molecule has 0 aromatic carbocycles. The van der Waals surface area contributed by atoms with Crippen molar-refractivity contribution in [2.75, 3.05) is 26.1 Å². The molecule has 0 fully saturated rings. The van der Waals surface area contributed by atoms with Crippen LogP contribution in [-0.2, 0) is 9.53 Å². The number of amides is 1. The van der Waals surface area contributed by atoms with Crippen molar-refractivity contribution in [1.82, 2.24) is 5.32 Å². The van der Waals surface area contributed by atoms with Gasteiger partial charge in [0.15, 0.2) is 0 Å². The van der Waals surface area contributed by atoms with Gasteiger partial charge < -0.3 is 10.1 Å². The minimum Gasteiger partial charge on any atom is -0.385 e. The molecule has 1 N–H and O–H groups in total. The number of unbranched alkanes of at least 4 members (excludes halogenated alkanes) is 1. The van der Waals surface area contributed by atoms with Gasteiger partial charge in [-0.25, -0.2) is 0 Å². The molecule has 0 aromatic heterocycles. The van der Waals surface area contributed by atoms with Crippen LogP contribution in [0.1, 0.15) is 25.7 Å². The van der Waals surface area contributed by atoms with Gasteiger partial charge in [0.05, 0.1) is 0 Å². The molecule has 0 radical (unpaired) electrons. The van der Waals surface area contributed by atoms with Crippen molar-refractivity contribution in [3.8, 4) is 0 Å². The molecular formula is C9H18ClNO2. The molecule has 0 aliphatic carbocycles. The molecule has 0 unspecified atom stereocenters. The molecule has 0 spiro atoms. The third-order valence-electron chi connectivity index (χ3n) is 1.63. The minimum absolute atomic E-state index is 0.0954. The van der Waals surface area contributed by atoms with E-state index in [2.05, 4.69) is 5.32 Å². The second kappa shape index (κ2) is 9.81. The van der Waals surface area contributed by atoms with E-state index in [4.69, 9.17) is 16.3 Å². The first-order valence-electron chi connectivity index (χ1n) is 4.63. The summed E-state index contributed by atoms with van der Waals surface area (Å²) in [6.45, 7) is 1.50. The molecule has 13 heavy (non-hydrogen) atoms. The number of hydrogen-bond donors (Lipinski definition) is 1. The van der Waals surface area contributed by atoms with Crippen LogP contribution in [0.3, 0.4) is 0 Å². The Hall–Kier alpha value is -0.280. The number of carbonyl (C=O) groups is 1. The number of methoxy groups -OCH3 is 1. The molecule has 0 atom stereocenters. The second-order valence-electron chi connectivity index (χ2n) is 2.84. The molecule has 4 heteroatoms. The Morgan fingerprint density at radius 1 is 1.38 bits per heavy atom. The molecule has 0 aromatic rings. The number of alkyl halides is 1. The lowest BCUT2D eigenvalue weighted by Crippen LogP contribution is -2.24. The topological polar surface area (TPSA) is 38.3 Å². The van der Waals surface area contributed by atoms with Gasteiger partial charge in [-0.1, -0.05) is 0 Å². The predicted octanol–water partition coefficient (Wildman–Crippen LogP) is 1.55. The van der Waals surface area contributed by atoms with Crippen LogP contribution in [0.15, 0.2) is 0 Å². The fourth-order valence-corrected chi connectivity index (χ4v) is 1.05. The minimum atomic E-state index is 0.0954. The van der Waals surface area contributed by atoms with Gasteiger partial charge in [-0.05, 0) is 19.3 Å². The van der Waals surface area contributed by atoms with Crippen LogP contribution in [-0.4, -0.2) is 32.0 Å². The van der Waals surface area contributed by atoms with E-state index in [1.807, 2.05) is 0 Å². The SMILES string of the molecule is COCCCCNC(=O)CCCCl. The van der Waals surface area contributed by atoms with Crippen molar-refractivity contribution in [3.63, 3.8) is 0 Å². The molecular weight excluding hydrogens is 190 g/mol. The van der Waals surface area contributed by atoms with Crippen LogP contribution in [0.4, 0.5) is 0 Å². The van der Waals surface area contributed by atoms with E-state index in [-0.39, 0.29) is 5.91 Å². The highest BCUT2D eigenvalue weighted by Crippen LogP contribution is 1.92. The van der Waals surface area contributed by atoms with Gasteiger partial charge in [-0.15, -0.1) is 11.6 Å². The quantitative estimate of drug-likeness (QED) is 0.485. The van der Waals surface area contributed by atoms with Gasteiger partial charge in [0.25, 0.3) is 0 Å². The van der Waals surface area contributed by atoms with Gasteiger partial charge >= 0.3 is 0 Å². The molecule has 1 amide bonds. The summed E-state index contributed by atoms with van der Waals surface area (Å²) in [5.41, 5.74) is 0. The van der Waals surface area contributed by atoms with E-state index >= 15 is 0 Å².